The Morgan fingerprint density at radius 2 is 1.68 bits per heavy atom. The van der Waals surface area contributed by atoms with E-state index in [-0.39, 0.29) is 17.4 Å². The number of nitrogens with zero attached hydrogens (tertiary/aromatic N) is 1. The lowest BCUT2D eigenvalue weighted by atomic mass is 9.95. The zero-order valence-corrected chi connectivity index (χ0v) is 22.6. The minimum absolute atomic E-state index is 0.0737. The molecule has 1 amide bonds. The van der Waals surface area contributed by atoms with Crippen molar-refractivity contribution < 1.29 is 9.53 Å². The van der Waals surface area contributed by atoms with Gasteiger partial charge in [0.05, 0.1) is 11.1 Å². The first-order valence-electron chi connectivity index (χ1n) is 11.6. The van der Waals surface area contributed by atoms with Gasteiger partial charge in [-0.05, 0) is 59.0 Å². The summed E-state index contributed by atoms with van der Waals surface area (Å²) < 4.78 is 5.87. The number of benzene rings is 1. The maximum absolute atomic E-state index is 13.4. The summed E-state index contributed by atoms with van der Waals surface area (Å²) in [5, 5.41) is 0.541. The molecule has 0 aliphatic heterocycles. The fourth-order valence-electron chi connectivity index (χ4n) is 4.54. The highest BCUT2D eigenvalue weighted by atomic mass is 35.5. The van der Waals surface area contributed by atoms with Crippen molar-refractivity contribution in [1.29, 1.82) is 0 Å². The van der Waals surface area contributed by atoms with E-state index in [2.05, 4.69) is 73.8 Å². The predicted octanol–water partition coefficient (Wildman–Crippen LogP) is 7.48. The van der Waals surface area contributed by atoms with Crippen LogP contribution in [0.2, 0.25) is 21.6 Å². The van der Waals surface area contributed by atoms with E-state index >= 15 is 0 Å². The minimum atomic E-state index is -1.98. The van der Waals surface area contributed by atoms with Gasteiger partial charge in [-0.2, -0.15) is 0 Å². The van der Waals surface area contributed by atoms with E-state index < -0.39 is 8.07 Å². The van der Waals surface area contributed by atoms with Gasteiger partial charge in [0.1, 0.15) is 13.8 Å². The van der Waals surface area contributed by atoms with E-state index in [1.807, 2.05) is 18.2 Å². The zero-order valence-electron chi connectivity index (χ0n) is 20.8. The van der Waals surface area contributed by atoms with E-state index in [9.17, 15) is 4.79 Å². The van der Waals surface area contributed by atoms with Crippen molar-refractivity contribution in [1.82, 2.24) is 0 Å². The first kappa shape index (κ1) is 25.8. The topological polar surface area (TPSA) is 29.5 Å². The van der Waals surface area contributed by atoms with Crippen LogP contribution in [0.3, 0.4) is 0 Å². The Bertz CT molecular complexity index is 819. The molecule has 1 fully saturated rings. The van der Waals surface area contributed by atoms with Crippen LogP contribution in [0.4, 0.5) is 5.69 Å². The predicted molar refractivity (Wildman–Crippen MR) is 136 cm³/mol. The standard InChI is InChI=1S/C26H40ClNO2Si/c1-18(2)31(19(3)4,20(5)6)15-14-25(29)28(17-26(7,8)9)21-10-13-24(23(27)16-21)30-22-11-12-22/h10,13,16,18-20,22H,11-12,17H2,1-9H3. The van der Waals surface area contributed by atoms with Crippen molar-refractivity contribution >= 4 is 31.3 Å². The van der Waals surface area contributed by atoms with Crippen LogP contribution in [0.15, 0.2) is 18.2 Å². The van der Waals surface area contributed by atoms with Crippen molar-refractivity contribution in [3.63, 3.8) is 0 Å². The molecule has 5 heteroatoms. The number of rotatable bonds is 7. The molecule has 31 heavy (non-hydrogen) atoms. The van der Waals surface area contributed by atoms with E-state index in [1.54, 1.807) is 4.90 Å². The molecule has 1 aliphatic carbocycles. The van der Waals surface area contributed by atoms with Crippen molar-refractivity contribution in [2.45, 2.75) is 97.9 Å². The van der Waals surface area contributed by atoms with Crippen LogP contribution in [0.1, 0.15) is 75.2 Å². The third-order valence-electron chi connectivity index (χ3n) is 6.17. The lowest BCUT2D eigenvalue weighted by Gasteiger charge is -2.38. The summed E-state index contributed by atoms with van der Waals surface area (Å²) >= 11 is 6.50. The highest BCUT2D eigenvalue weighted by Gasteiger charge is 2.42. The molecule has 0 spiro atoms. The molecule has 1 aliphatic rings. The maximum atomic E-state index is 13.4. The molecule has 0 atom stereocenters. The first-order chi connectivity index (χ1) is 14.3. The Morgan fingerprint density at radius 1 is 1.13 bits per heavy atom. The molecule has 0 heterocycles. The Hall–Kier alpha value is -1.44. The Kier molecular flexibility index (Phi) is 8.33. The summed E-state index contributed by atoms with van der Waals surface area (Å²) in [5.41, 5.74) is 5.72. The molecule has 3 nitrogen and oxygen atoms in total. The van der Waals surface area contributed by atoms with E-state index in [0.29, 0.717) is 33.9 Å². The number of halogens is 1. The molecule has 1 aromatic rings. The number of amides is 1. The van der Waals surface area contributed by atoms with Gasteiger partial charge in [0.15, 0.2) is 0 Å². The second-order valence-corrected chi connectivity index (χ2v) is 17.0. The lowest BCUT2D eigenvalue weighted by molar-refractivity contribution is -0.113. The van der Waals surface area contributed by atoms with Gasteiger partial charge in [-0.25, -0.2) is 0 Å². The van der Waals surface area contributed by atoms with Gasteiger partial charge in [0.2, 0.25) is 0 Å². The Balaban J connectivity index is 2.41. The van der Waals surface area contributed by atoms with E-state index in [0.717, 1.165) is 18.5 Å². The summed E-state index contributed by atoms with van der Waals surface area (Å²) in [6, 6.07) is 5.64. The van der Waals surface area contributed by atoms with Crippen LogP contribution in [0.25, 0.3) is 0 Å². The first-order valence-corrected chi connectivity index (χ1v) is 14.2. The third-order valence-corrected chi connectivity index (χ3v) is 12.8. The zero-order chi connectivity index (χ0) is 23.6. The molecule has 0 unspecified atom stereocenters. The number of hydrogen-bond acceptors (Lipinski definition) is 2. The quantitative estimate of drug-likeness (QED) is 0.311. The summed E-state index contributed by atoms with van der Waals surface area (Å²) in [5.74, 6) is 3.63. The van der Waals surface area contributed by atoms with E-state index in [4.69, 9.17) is 16.3 Å². The fourth-order valence-corrected chi connectivity index (χ4v) is 9.94. The maximum Gasteiger partial charge on any atom is 0.302 e. The second-order valence-electron chi connectivity index (χ2n) is 11.0. The molecule has 0 radical (unpaired) electrons. The SMILES string of the molecule is CC(C)[Si](C#CC(=O)N(CC(C)(C)C)c1ccc(OC2CC2)c(Cl)c1)(C(C)C)C(C)C. The van der Waals surface area contributed by atoms with Crippen LogP contribution in [0.5, 0.6) is 5.75 Å². The number of carbonyl (C=O) groups is 1. The average molecular weight is 462 g/mol. The minimum Gasteiger partial charge on any atom is -0.489 e. The van der Waals surface area contributed by atoms with Crippen molar-refractivity contribution in [3.05, 3.63) is 23.2 Å². The molecule has 172 valence electrons. The van der Waals surface area contributed by atoms with Crippen LogP contribution in [-0.4, -0.2) is 26.6 Å². The Morgan fingerprint density at radius 3 is 2.10 bits per heavy atom. The van der Waals surface area contributed by atoms with Crippen molar-refractivity contribution in [2.24, 2.45) is 5.41 Å². The third kappa shape index (κ3) is 6.53. The molecule has 0 bridgehead atoms. The van der Waals surface area contributed by atoms with Crippen LogP contribution in [0, 0.1) is 16.9 Å². The van der Waals surface area contributed by atoms with Gasteiger partial charge in [-0.15, -0.1) is 5.54 Å². The summed E-state index contributed by atoms with van der Waals surface area (Å²) in [4.78, 5) is 15.2. The summed E-state index contributed by atoms with van der Waals surface area (Å²) in [6.45, 7) is 20.5. The molecular formula is C26H40ClNO2Si. The molecule has 0 saturated heterocycles. The summed E-state index contributed by atoms with van der Waals surface area (Å²) in [7, 11) is -1.98. The largest absolute Gasteiger partial charge is 0.489 e. The highest BCUT2D eigenvalue weighted by molar-refractivity contribution is 6.90. The van der Waals surface area contributed by atoms with Gasteiger partial charge in [-0.3, -0.25) is 4.79 Å². The van der Waals surface area contributed by atoms with Gasteiger partial charge in [0.25, 0.3) is 0 Å². The van der Waals surface area contributed by atoms with Gasteiger partial charge >= 0.3 is 5.91 Å². The van der Waals surface area contributed by atoms with Crippen LogP contribution >= 0.6 is 11.6 Å². The lowest BCUT2D eigenvalue weighted by Crippen LogP contribution is -2.44. The second kappa shape index (κ2) is 10.0. The van der Waals surface area contributed by atoms with Crippen LogP contribution in [-0.2, 0) is 4.79 Å². The molecule has 0 N–H and O–H groups in total. The number of carbonyl (C=O) groups excluding carboxylic acids is 1. The number of ether oxygens (including phenoxy) is 1. The number of anilines is 1. The monoisotopic (exact) mass is 461 g/mol. The van der Waals surface area contributed by atoms with Gasteiger partial charge in [0, 0.05) is 12.2 Å². The molecule has 2 rings (SSSR count). The van der Waals surface area contributed by atoms with Gasteiger partial charge < -0.3 is 9.64 Å². The van der Waals surface area contributed by atoms with Crippen molar-refractivity contribution in [2.75, 3.05) is 11.4 Å². The summed E-state index contributed by atoms with van der Waals surface area (Å²) in [6.07, 6.45) is 2.44. The molecule has 1 saturated carbocycles. The van der Waals surface area contributed by atoms with Crippen LogP contribution < -0.4 is 9.64 Å². The average Bonchev–Trinajstić information content (AvgIpc) is 3.44. The molecular weight excluding hydrogens is 422 g/mol. The molecule has 0 aromatic heterocycles. The molecule has 1 aromatic carbocycles. The normalized spacial score (nSPS) is 14.6. The van der Waals surface area contributed by atoms with Crippen molar-refractivity contribution in [3.8, 4) is 17.2 Å². The smallest absolute Gasteiger partial charge is 0.302 e. The highest BCUT2D eigenvalue weighted by Crippen LogP contribution is 2.41. The Labute approximate surface area is 195 Å². The van der Waals surface area contributed by atoms with Gasteiger partial charge in [-0.1, -0.05) is 73.9 Å². The number of hydrogen-bond donors (Lipinski definition) is 0. The fraction of sp³-hybridized carbons (Fsp3) is 0.654. The van der Waals surface area contributed by atoms with E-state index in [1.165, 1.54) is 0 Å².